The molecule has 3 rings (SSSR count). The first-order valence-corrected chi connectivity index (χ1v) is 8.96. The number of thiazole rings is 1. The summed E-state index contributed by atoms with van der Waals surface area (Å²) in [4.78, 5) is 52.7. The molecule has 1 aliphatic rings. The first-order chi connectivity index (χ1) is 12.5. The molecule has 1 saturated heterocycles. The number of hydrogen-bond acceptors (Lipinski definition) is 6. The van der Waals surface area contributed by atoms with Gasteiger partial charge in [0.15, 0.2) is 4.80 Å². The number of benzene rings is 1. The number of carbonyl (C=O) groups is 4. The number of hydrogen-bond donors (Lipinski definition) is 0. The predicted octanol–water partition coefficient (Wildman–Crippen LogP) is 0.842. The highest BCUT2D eigenvalue weighted by molar-refractivity contribution is 7.16. The van der Waals surface area contributed by atoms with Crippen molar-refractivity contribution in [2.75, 3.05) is 13.2 Å². The number of esters is 1. The van der Waals surface area contributed by atoms with E-state index in [-0.39, 0.29) is 44.4 Å². The second-order valence-electron chi connectivity index (χ2n) is 5.62. The second-order valence-corrected chi connectivity index (χ2v) is 6.63. The quantitative estimate of drug-likeness (QED) is 0.570. The number of likely N-dealkylation sites (tertiary alicyclic amines) is 1. The van der Waals surface area contributed by atoms with Gasteiger partial charge in [0.05, 0.1) is 16.8 Å². The molecular formula is C17H17N3O5S. The number of fused-ring (bicyclic) bond motifs is 1. The van der Waals surface area contributed by atoms with Gasteiger partial charge in [-0.1, -0.05) is 23.5 Å². The van der Waals surface area contributed by atoms with Gasteiger partial charge < -0.3 is 9.30 Å². The molecule has 0 unspecified atom stereocenters. The molecule has 1 aliphatic heterocycles. The highest BCUT2D eigenvalue weighted by Gasteiger charge is 2.30. The molecule has 0 aliphatic carbocycles. The molecule has 8 nitrogen and oxygen atoms in total. The zero-order valence-electron chi connectivity index (χ0n) is 14.1. The Balaban J connectivity index is 1.93. The second kappa shape index (κ2) is 7.61. The van der Waals surface area contributed by atoms with Crippen LogP contribution in [0.5, 0.6) is 0 Å². The number of carbonyl (C=O) groups excluding carboxylic acids is 4. The Morgan fingerprint density at radius 1 is 1.15 bits per heavy atom. The maximum absolute atomic E-state index is 12.3. The summed E-state index contributed by atoms with van der Waals surface area (Å²) in [6, 6.07) is 7.35. The molecule has 26 heavy (non-hydrogen) atoms. The molecule has 0 saturated carbocycles. The van der Waals surface area contributed by atoms with Gasteiger partial charge in [0.25, 0.3) is 5.91 Å². The topological polar surface area (TPSA) is 98.0 Å². The number of ether oxygens (including phenoxy) is 1. The molecule has 2 aromatic rings. The average Bonchev–Trinajstić information content (AvgIpc) is 3.10. The molecule has 3 amide bonds. The summed E-state index contributed by atoms with van der Waals surface area (Å²) in [6.45, 7) is 1.51. The number of imide groups is 1. The molecule has 1 aromatic carbocycles. The zero-order valence-corrected chi connectivity index (χ0v) is 15.0. The van der Waals surface area contributed by atoms with Crippen molar-refractivity contribution in [2.45, 2.75) is 26.3 Å². The fourth-order valence-corrected chi connectivity index (χ4v) is 3.72. The summed E-state index contributed by atoms with van der Waals surface area (Å²) in [5, 5.41) is 0. The van der Waals surface area contributed by atoms with Gasteiger partial charge in [0.1, 0.15) is 13.1 Å². The third-order valence-corrected chi connectivity index (χ3v) is 4.91. The Labute approximate surface area is 152 Å². The van der Waals surface area contributed by atoms with E-state index in [4.69, 9.17) is 4.74 Å². The summed E-state index contributed by atoms with van der Waals surface area (Å²) in [5.74, 6) is -1.78. The fourth-order valence-electron chi connectivity index (χ4n) is 2.67. The lowest BCUT2D eigenvalue weighted by Gasteiger charge is -2.10. The molecule has 0 bridgehead atoms. The van der Waals surface area contributed by atoms with E-state index >= 15 is 0 Å². The minimum Gasteiger partial charge on any atom is -0.465 e. The molecule has 1 fully saturated rings. The predicted molar refractivity (Wildman–Crippen MR) is 93.0 cm³/mol. The summed E-state index contributed by atoms with van der Waals surface area (Å²) < 4.78 is 7.44. The Morgan fingerprint density at radius 3 is 2.54 bits per heavy atom. The van der Waals surface area contributed by atoms with E-state index in [0.717, 1.165) is 15.1 Å². The van der Waals surface area contributed by atoms with Gasteiger partial charge >= 0.3 is 5.97 Å². The number of nitrogens with zero attached hydrogens (tertiary/aromatic N) is 3. The Kier molecular flexibility index (Phi) is 5.27. The first-order valence-electron chi connectivity index (χ1n) is 8.14. The van der Waals surface area contributed by atoms with E-state index in [9.17, 15) is 19.2 Å². The number of rotatable bonds is 5. The normalized spacial score (nSPS) is 15.1. The van der Waals surface area contributed by atoms with E-state index in [1.54, 1.807) is 11.5 Å². The number of para-hydroxylation sites is 1. The monoisotopic (exact) mass is 375 g/mol. The van der Waals surface area contributed by atoms with Crippen LogP contribution >= 0.6 is 11.3 Å². The average molecular weight is 375 g/mol. The van der Waals surface area contributed by atoms with Crippen molar-refractivity contribution in [3.63, 3.8) is 0 Å². The van der Waals surface area contributed by atoms with Gasteiger partial charge in [-0.25, -0.2) is 0 Å². The standard InChI is InChI=1S/C17H17N3O5S/c1-2-25-16(24)10-19-11-5-3-4-6-12(11)26-17(19)18-13(21)9-20-14(22)7-8-15(20)23/h3-6H,2,7-10H2,1H3. The van der Waals surface area contributed by atoms with Crippen molar-refractivity contribution < 1.29 is 23.9 Å². The van der Waals surface area contributed by atoms with Crippen molar-refractivity contribution in [3.05, 3.63) is 29.1 Å². The van der Waals surface area contributed by atoms with Gasteiger partial charge in [-0.3, -0.25) is 24.1 Å². The minimum atomic E-state index is -0.613. The summed E-state index contributed by atoms with van der Waals surface area (Å²) in [6.07, 6.45) is 0.246. The summed E-state index contributed by atoms with van der Waals surface area (Å²) in [7, 11) is 0. The fraction of sp³-hybridized carbons (Fsp3) is 0.353. The van der Waals surface area contributed by atoms with E-state index in [2.05, 4.69) is 4.99 Å². The summed E-state index contributed by atoms with van der Waals surface area (Å²) in [5.41, 5.74) is 0.755. The van der Waals surface area contributed by atoms with E-state index in [1.807, 2.05) is 24.3 Å². The number of amides is 3. The molecule has 136 valence electrons. The van der Waals surface area contributed by atoms with Crippen LogP contribution in [0, 0.1) is 0 Å². The van der Waals surface area contributed by atoms with Crippen LogP contribution in [-0.2, 0) is 30.5 Å². The SMILES string of the molecule is CCOC(=O)Cn1c(=NC(=O)CN2C(=O)CCC2=O)sc2ccccc21. The Hall–Kier alpha value is -2.81. The van der Waals surface area contributed by atoms with Crippen LogP contribution in [0.1, 0.15) is 19.8 Å². The van der Waals surface area contributed by atoms with Crippen molar-refractivity contribution in [1.29, 1.82) is 0 Å². The van der Waals surface area contributed by atoms with Gasteiger partial charge in [0.2, 0.25) is 11.8 Å². The van der Waals surface area contributed by atoms with Crippen molar-refractivity contribution in [2.24, 2.45) is 4.99 Å². The maximum Gasteiger partial charge on any atom is 0.326 e. The largest absolute Gasteiger partial charge is 0.465 e. The van der Waals surface area contributed by atoms with E-state index in [0.29, 0.717) is 4.80 Å². The van der Waals surface area contributed by atoms with Crippen LogP contribution < -0.4 is 4.80 Å². The van der Waals surface area contributed by atoms with E-state index in [1.165, 1.54) is 11.3 Å². The first kappa shape index (κ1) is 18.0. The molecule has 9 heteroatoms. The van der Waals surface area contributed by atoms with Gasteiger partial charge in [0, 0.05) is 12.8 Å². The maximum atomic E-state index is 12.3. The smallest absolute Gasteiger partial charge is 0.326 e. The highest BCUT2D eigenvalue weighted by Crippen LogP contribution is 2.17. The molecule has 1 aromatic heterocycles. The number of aromatic nitrogens is 1. The van der Waals surface area contributed by atoms with Crippen LogP contribution in [0.25, 0.3) is 10.2 Å². The summed E-state index contributed by atoms with van der Waals surface area (Å²) >= 11 is 1.25. The molecule has 0 N–H and O–H groups in total. The Bertz CT molecular complexity index is 943. The lowest BCUT2D eigenvalue weighted by molar-refractivity contribution is -0.144. The van der Waals surface area contributed by atoms with Gasteiger partial charge in [-0.15, -0.1) is 0 Å². The molecule has 2 heterocycles. The third kappa shape index (κ3) is 3.72. The van der Waals surface area contributed by atoms with Crippen molar-refractivity contribution >= 4 is 45.2 Å². The van der Waals surface area contributed by atoms with Crippen LogP contribution in [0.4, 0.5) is 0 Å². The highest BCUT2D eigenvalue weighted by atomic mass is 32.1. The van der Waals surface area contributed by atoms with Crippen LogP contribution in [0.3, 0.4) is 0 Å². The van der Waals surface area contributed by atoms with E-state index < -0.39 is 11.9 Å². The van der Waals surface area contributed by atoms with Gasteiger partial charge in [-0.2, -0.15) is 4.99 Å². The third-order valence-electron chi connectivity index (χ3n) is 3.85. The molecule has 0 spiro atoms. The van der Waals surface area contributed by atoms with Crippen LogP contribution in [-0.4, -0.2) is 46.3 Å². The molecule has 0 radical (unpaired) electrons. The Morgan fingerprint density at radius 2 is 1.85 bits per heavy atom. The zero-order chi connectivity index (χ0) is 18.7. The lowest BCUT2D eigenvalue weighted by Crippen LogP contribution is -2.34. The van der Waals surface area contributed by atoms with Crippen LogP contribution in [0.2, 0.25) is 0 Å². The minimum absolute atomic E-state index is 0.0778. The van der Waals surface area contributed by atoms with Crippen molar-refractivity contribution in [3.8, 4) is 0 Å². The lowest BCUT2D eigenvalue weighted by atomic mass is 10.3. The molecular weight excluding hydrogens is 358 g/mol. The van der Waals surface area contributed by atoms with Gasteiger partial charge in [-0.05, 0) is 19.1 Å². The molecule has 0 atom stereocenters. The van der Waals surface area contributed by atoms with Crippen LogP contribution in [0.15, 0.2) is 29.3 Å². The van der Waals surface area contributed by atoms with Crippen molar-refractivity contribution in [1.82, 2.24) is 9.47 Å².